The lowest BCUT2D eigenvalue weighted by Gasteiger charge is -2.33. The number of H-pyrrole nitrogens is 1. The number of pyridine rings is 1. The number of aromatic amines is 1. The zero-order valence-electron chi connectivity index (χ0n) is 14.8. The monoisotopic (exact) mass is 355 g/mol. The Labute approximate surface area is 150 Å². The second-order valence-electron chi connectivity index (χ2n) is 6.47. The van der Waals surface area contributed by atoms with Crippen molar-refractivity contribution < 1.29 is 4.52 Å². The van der Waals surface area contributed by atoms with Crippen LogP contribution in [-0.2, 0) is 6.54 Å². The molecule has 0 aromatic carbocycles. The van der Waals surface area contributed by atoms with Crippen LogP contribution in [0.4, 0.5) is 5.82 Å². The van der Waals surface area contributed by atoms with Gasteiger partial charge in [0.1, 0.15) is 11.6 Å². The van der Waals surface area contributed by atoms with E-state index in [4.69, 9.17) is 4.52 Å². The molecule has 9 nitrogen and oxygen atoms in total. The van der Waals surface area contributed by atoms with Crippen LogP contribution in [0.25, 0.3) is 11.5 Å². The summed E-state index contributed by atoms with van der Waals surface area (Å²) in [6.07, 6.45) is 3.80. The highest BCUT2D eigenvalue weighted by Crippen LogP contribution is 2.28. The fourth-order valence-corrected chi connectivity index (χ4v) is 3.46. The van der Waals surface area contributed by atoms with Crippen LogP contribution in [0.1, 0.15) is 37.3 Å². The minimum Gasteiger partial charge on any atom is -0.356 e. The molecule has 9 heteroatoms. The highest BCUT2D eigenvalue weighted by atomic mass is 16.5. The van der Waals surface area contributed by atoms with E-state index >= 15 is 0 Å². The van der Waals surface area contributed by atoms with E-state index in [0.717, 1.165) is 43.1 Å². The predicted molar refractivity (Wildman–Crippen MR) is 95.0 cm³/mol. The molecule has 3 aromatic rings. The number of hydrogen-bond acceptors (Lipinski definition) is 7. The maximum atomic E-state index is 11.8. The molecule has 136 valence electrons. The van der Waals surface area contributed by atoms with Crippen molar-refractivity contribution in [2.45, 2.75) is 39.2 Å². The van der Waals surface area contributed by atoms with Crippen molar-refractivity contribution in [3.8, 4) is 11.5 Å². The molecule has 1 N–H and O–H groups in total. The van der Waals surface area contributed by atoms with E-state index in [0.29, 0.717) is 18.3 Å². The van der Waals surface area contributed by atoms with Crippen LogP contribution >= 0.6 is 0 Å². The summed E-state index contributed by atoms with van der Waals surface area (Å²) in [5.74, 6) is 3.02. The van der Waals surface area contributed by atoms with Gasteiger partial charge in [-0.15, -0.1) is 0 Å². The predicted octanol–water partition coefficient (Wildman–Crippen LogP) is 1.73. The van der Waals surface area contributed by atoms with Crippen LogP contribution in [0.2, 0.25) is 0 Å². The highest BCUT2D eigenvalue weighted by molar-refractivity contribution is 5.54. The van der Waals surface area contributed by atoms with Gasteiger partial charge in [0.15, 0.2) is 5.82 Å². The molecule has 1 aliphatic rings. The van der Waals surface area contributed by atoms with Crippen LogP contribution in [0.3, 0.4) is 0 Å². The third kappa shape index (κ3) is 3.00. The summed E-state index contributed by atoms with van der Waals surface area (Å²) in [5.41, 5.74) is 0.659. The van der Waals surface area contributed by atoms with E-state index in [2.05, 4.69) is 30.2 Å². The summed E-state index contributed by atoms with van der Waals surface area (Å²) >= 11 is 0. The Morgan fingerprint density at radius 1 is 1.38 bits per heavy atom. The minimum absolute atomic E-state index is 0.142. The van der Waals surface area contributed by atoms with Crippen LogP contribution in [-0.4, -0.2) is 43.0 Å². The molecular formula is C17H21N7O2. The first-order valence-electron chi connectivity index (χ1n) is 8.82. The molecule has 0 saturated carbocycles. The standard InChI is InChI=1S/C17H21N7O2/c1-3-24-15(20-21-17(24)25)13-5-4-8-23(10-13)14-7-6-12(9-18-14)16-19-11(2)22-26-16/h6-7,9,13H,3-5,8,10H2,1-2H3,(H,21,25). The lowest BCUT2D eigenvalue weighted by molar-refractivity contribution is 0.425. The Hall–Kier alpha value is -2.97. The van der Waals surface area contributed by atoms with Gasteiger partial charge in [-0.3, -0.25) is 4.57 Å². The zero-order chi connectivity index (χ0) is 18.1. The molecule has 0 bridgehead atoms. The number of nitrogens with zero attached hydrogens (tertiary/aromatic N) is 6. The highest BCUT2D eigenvalue weighted by Gasteiger charge is 2.26. The van der Waals surface area contributed by atoms with Gasteiger partial charge in [0.2, 0.25) is 0 Å². The Bertz CT molecular complexity index is 941. The Morgan fingerprint density at radius 2 is 2.27 bits per heavy atom. The summed E-state index contributed by atoms with van der Waals surface area (Å²) in [7, 11) is 0. The molecule has 0 aliphatic carbocycles. The van der Waals surface area contributed by atoms with Crippen LogP contribution in [0.15, 0.2) is 27.6 Å². The SMILES string of the molecule is CCn1c(C2CCCN(c3ccc(-c4nc(C)no4)cn3)C2)n[nH]c1=O. The zero-order valence-corrected chi connectivity index (χ0v) is 14.8. The van der Waals surface area contributed by atoms with E-state index < -0.39 is 0 Å². The van der Waals surface area contributed by atoms with Crippen molar-refractivity contribution in [2.24, 2.45) is 0 Å². The molecular weight excluding hydrogens is 334 g/mol. The summed E-state index contributed by atoms with van der Waals surface area (Å²) in [6.45, 7) is 6.09. The lowest BCUT2D eigenvalue weighted by Crippen LogP contribution is -2.36. The van der Waals surface area contributed by atoms with Crippen molar-refractivity contribution in [3.63, 3.8) is 0 Å². The molecule has 4 rings (SSSR count). The van der Waals surface area contributed by atoms with E-state index in [9.17, 15) is 4.79 Å². The molecule has 0 radical (unpaired) electrons. The quantitative estimate of drug-likeness (QED) is 0.759. The van der Waals surface area contributed by atoms with Crippen molar-refractivity contribution in [2.75, 3.05) is 18.0 Å². The number of hydrogen-bond donors (Lipinski definition) is 1. The largest absolute Gasteiger partial charge is 0.356 e. The lowest BCUT2D eigenvalue weighted by atomic mass is 9.97. The maximum absolute atomic E-state index is 11.8. The van der Waals surface area contributed by atoms with Gasteiger partial charge in [0, 0.05) is 31.7 Å². The second kappa shape index (κ2) is 6.74. The fourth-order valence-electron chi connectivity index (χ4n) is 3.46. The Kier molecular flexibility index (Phi) is 4.27. The Balaban J connectivity index is 1.53. The van der Waals surface area contributed by atoms with Crippen molar-refractivity contribution in [3.05, 3.63) is 40.5 Å². The number of rotatable bonds is 4. The molecule has 1 saturated heterocycles. The minimum atomic E-state index is -0.142. The van der Waals surface area contributed by atoms with Crippen LogP contribution < -0.4 is 10.6 Å². The first kappa shape index (κ1) is 16.5. The fraction of sp³-hybridized carbons (Fsp3) is 0.471. The van der Waals surface area contributed by atoms with E-state index in [1.165, 1.54) is 0 Å². The average molecular weight is 355 g/mol. The van der Waals surface area contributed by atoms with E-state index in [-0.39, 0.29) is 11.6 Å². The smallest absolute Gasteiger partial charge is 0.343 e. The van der Waals surface area contributed by atoms with Crippen molar-refractivity contribution in [1.29, 1.82) is 0 Å². The molecule has 4 heterocycles. The summed E-state index contributed by atoms with van der Waals surface area (Å²) in [6, 6.07) is 3.91. The van der Waals surface area contributed by atoms with Gasteiger partial charge in [-0.1, -0.05) is 5.16 Å². The summed E-state index contributed by atoms with van der Waals surface area (Å²) < 4.78 is 6.89. The molecule has 26 heavy (non-hydrogen) atoms. The maximum Gasteiger partial charge on any atom is 0.343 e. The van der Waals surface area contributed by atoms with E-state index in [1.54, 1.807) is 17.7 Å². The third-order valence-electron chi connectivity index (χ3n) is 4.74. The van der Waals surface area contributed by atoms with Gasteiger partial charge in [0.25, 0.3) is 5.89 Å². The summed E-state index contributed by atoms with van der Waals surface area (Å²) in [5, 5.41) is 10.6. The molecule has 1 aliphatic heterocycles. The number of anilines is 1. The number of aromatic nitrogens is 6. The first-order chi connectivity index (χ1) is 12.7. The van der Waals surface area contributed by atoms with Gasteiger partial charge >= 0.3 is 5.69 Å². The van der Waals surface area contributed by atoms with Crippen molar-refractivity contribution >= 4 is 5.82 Å². The average Bonchev–Trinajstić information content (AvgIpc) is 3.27. The van der Waals surface area contributed by atoms with E-state index in [1.807, 2.05) is 19.1 Å². The molecule has 1 fully saturated rings. The van der Waals surface area contributed by atoms with Crippen LogP contribution in [0, 0.1) is 6.92 Å². The number of aryl methyl sites for hydroxylation is 1. The second-order valence-corrected chi connectivity index (χ2v) is 6.47. The van der Waals surface area contributed by atoms with Gasteiger partial charge in [0.05, 0.1) is 5.56 Å². The van der Waals surface area contributed by atoms with Gasteiger partial charge in [-0.05, 0) is 38.8 Å². The molecule has 0 spiro atoms. The van der Waals surface area contributed by atoms with Gasteiger partial charge < -0.3 is 9.42 Å². The van der Waals surface area contributed by atoms with Crippen LogP contribution in [0.5, 0.6) is 0 Å². The number of piperidine rings is 1. The normalized spacial score (nSPS) is 17.6. The van der Waals surface area contributed by atoms with Gasteiger partial charge in [-0.2, -0.15) is 10.1 Å². The first-order valence-corrected chi connectivity index (χ1v) is 8.82. The molecule has 1 unspecified atom stereocenters. The van der Waals surface area contributed by atoms with Gasteiger partial charge in [-0.25, -0.2) is 14.9 Å². The number of nitrogens with one attached hydrogen (secondary N) is 1. The Morgan fingerprint density at radius 3 is 2.96 bits per heavy atom. The molecule has 3 aromatic heterocycles. The topological polar surface area (TPSA) is 106 Å². The molecule has 1 atom stereocenters. The van der Waals surface area contributed by atoms with Crippen molar-refractivity contribution in [1.82, 2.24) is 29.9 Å². The third-order valence-corrected chi connectivity index (χ3v) is 4.74. The molecule has 0 amide bonds. The summed E-state index contributed by atoms with van der Waals surface area (Å²) in [4.78, 5) is 22.9.